The van der Waals surface area contributed by atoms with Crippen molar-refractivity contribution in [3.63, 3.8) is 0 Å². The number of hydrogen-bond acceptors (Lipinski definition) is 13. The van der Waals surface area contributed by atoms with Crippen LogP contribution in [-0.2, 0) is 54.2 Å². The molecule has 0 bridgehead atoms. The van der Waals surface area contributed by atoms with Crippen LogP contribution in [0.4, 0.5) is 49.1 Å². The summed E-state index contributed by atoms with van der Waals surface area (Å²) in [6.07, 6.45) is -9.25. The zero-order valence-corrected chi connectivity index (χ0v) is 44.1. The minimum Gasteiger partial charge on any atom is -0.457 e. The number of ether oxygens (including phenoxy) is 2. The van der Waals surface area contributed by atoms with Gasteiger partial charge >= 0.3 is 24.3 Å². The van der Waals surface area contributed by atoms with Crippen LogP contribution in [0.3, 0.4) is 0 Å². The summed E-state index contributed by atoms with van der Waals surface area (Å²) in [5.41, 5.74) is 13.8. The lowest BCUT2D eigenvalue weighted by Crippen LogP contribution is -2.42. The third-order valence-electron chi connectivity index (χ3n) is 12.4. The third-order valence-corrected chi connectivity index (χ3v) is 12.4. The molecule has 0 heterocycles. The van der Waals surface area contributed by atoms with Crippen LogP contribution < -0.4 is 43.4 Å². The van der Waals surface area contributed by atoms with Crippen molar-refractivity contribution in [1.82, 2.24) is 26.2 Å². The molecule has 21 heteroatoms. The molecule has 2 atom stereocenters. The Morgan fingerprint density at radius 2 is 0.875 bits per heavy atom. The van der Waals surface area contributed by atoms with Crippen molar-refractivity contribution >= 4 is 46.5 Å². The minimum atomic E-state index is -4.62. The van der Waals surface area contributed by atoms with Gasteiger partial charge in [0.15, 0.2) is 0 Å². The molecular formula is C59H63F6N9O6. The summed E-state index contributed by atoms with van der Waals surface area (Å²) in [5.74, 6) is -2.50. The van der Waals surface area contributed by atoms with Gasteiger partial charge in [-0.25, -0.2) is 9.59 Å². The fraction of sp³-hybridized carbons (Fsp3) is 0.254. The van der Waals surface area contributed by atoms with E-state index < -0.39 is 59.3 Å². The van der Waals surface area contributed by atoms with E-state index in [1.54, 1.807) is 116 Å². The Labute approximate surface area is 459 Å². The van der Waals surface area contributed by atoms with Crippen LogP contribution in [0.15, 0.2) is 180 Å². The van der Waals surface area contributed by atoms with Gasteiger partial charge in [0.25, 0.3) is 0 Å². The smallest absolute Gasteiger partial charge is 0.416 e. The molecule has 80 heavy (non-hydrogen) atoms. The number of hydrogen-bond donors (Lipinski definition) is 8. The number of rotatable bonds is 26. The Balaban J connectivity index is 1.08. The van der Waals surface area contributed by atoms with Crippen LogP contribution in [0.25, 0.3) is 0 Å². The average Bonchev–Trinajstić information content (AvgIpc) is 3.44. The highest BCUT2D eigenvalue weighted by Gasteiger charge is 2.33. The lowest BCUT2D eigenvalue weighted by molar-refractivity contribution is -0.141. The highest BCUT2D eigenvalue weighted by Crippen LogP contribution is 2.34. The molecule has 0 aromatic heterocycles. The van der Waals surface area contributed by atoms with Crippen molar-refractivity contribution in [2.45, 2.75) is 51.5 Å². The molecule has 0 spiro atoms. The summed E-state index contributed by atoms with van der Waals surface area (Å²) in [4.78, 5) is 56.9. The zero-order chi connectivity index (χ0) is 57.8. The molecule has 0 aliphatic rings. The fourth-order valence-electron chi connectivity index (χ4n) is 8.24. The molecule has 0 aliphatic heterocycles. The Bertz CT molecular complexity index is 2880. The van der Waals surface area contributed by atoms with Crippen LogP contribution in [0.5, 0.6) is 0 Å². The van der Waals surface area contributed by atoms with E-state index in [0.717, 1.165) is 24.3 Å². The van der Waals surface area contributed by atoms with E-state index in [9.17, 15) is 45.5 Å². The van der Waals surface area contributed by atoms with Gasteiger partial charge in [-0.05, 0) is 104 Å². The number of anilines is 4. The average molecular weight is 1110 g/mol. The predicted octanol–water partition coefficient (Wildman–Crippen LogP) is 9.27. The number of esters is 2. The molecule has 6 aromatic rings. The number of halogens is 6. The molecule has 15 nitrogen and oxygen atoms in total. The molecule has 6 aromatic carbocycles. The van der Waals surface area contributed by atoms with E-state index in [0.29, 0.717) is 46.7 Å². The van der Waals surface area contributed by atoms with Gasteiger partial charge in [0.05, 0.1) is 47.4 Å². The third kappa shape index (κ3) is 18.8. The summed E-state index contributed by atoms with van der Waals surface area (Å²) in [7, 11) is 1.78. The zero-order valence-electron chi connectivity index (χ0n) is 44.1. The van der Waals surface area contributed by atoms with E-state index in [4.69, 9.17) is 20.9 Å². The van der Waals surface area contributed by atoms with Crippen molar-refractivity contribution in [2.24, 2.45) is 0 Å². The fourth-order valence-corrected chi connectivity index (χ4v) is 8.24. The molecule has 6 rings (SSSR count). The molecule has 0 saturated heterocycles. The predicted molar refractivity (Wildman–Crippen MR) is 295 cm³/mol. The second-order valence-electron chi connectivity index (χ2n) is 18.6. The maximum Gasteiger partial charge on any atom is 0.416 e. The number of allylic oxidation sites excluding steroid dienone is 2. The highest BCUT2D eigenvalue weighted by atomic mass is 19.4. The van der Waals surface area contributed by atoms with Gasteiger partial charge in [-0.15, -0.1) is 0 Å². The van der Waals surface area contributed by atoms with Gasteiger partial charge in [0.2, 0.25) is 11.8 Å². The molecule has 422 valence electrons. The van der Waals surface area contributed by atoms with Gasteiger partial charge < -0.3 is 47.1 Å². The Morgan fingerprint density at radius 1 is 0.512 bits per heavy atom. The number of amides is 2. The lowest BCUT2D eigenvalue weighted by atomic mass is 9.96. The van der Waals surface area contributed by atoms with E-state index >= 15 is 0 Å². The maximum absolute atomic E-state index is 14.1. The highest BCUT2D eigenvalue weighted by molar-refractivity contribution is 5.93. The van der Waals surface area contributed by atoms with Crippen LogP contribution in [-0.4, -0.2) is 75.0 Å². The largest absolute Gasteiger partial charge is 0.457 e. The monoisotopic (exact) mass is 1110 g/mol. The van der Waals surface area contributed by atoms with Gasteiger partial charge in [-0.2, -0.15) is 26.3 Å². The number of carbonyl (C=O) groups is 4. The summed E-state index contributed by atoms with van der Waals surface area (Å²) in [5, 5.41) is 17.8. The maximum atomic E-state index is 14.1. The number of nitrogen functional groups attached to an aromatic ring is 2. The molecule has 0 aliphatic carbocycles. The number of likely N-dealkylation sites (N-methyl/N-ethyl adjacent to an activating group) is 1. The van der Waals surface area contributed by atoms with Crippen LogP contribution in [0.1, 0.15) is 59.3 Å². The first-order valence-electron chi connectivity index (χ1n) is 25.3. The number of nitrogens with zero attached hydrogens (tertiary/aromatic N) is 1. The molecular weight excluding hydrogens is 1040 g/mol. The molecule has 0 radical (unpaired) electrons. The van der Waals surface area contributed by atoms with Crippen LogP contribution in [0.2, 0.25) is 0 Å². The minimum absolute atomic E-state index is 0.00642. The van der Waals surface area contributed by atoms with Crippen molar-refractivity contribution in [3.05, 3.63) is 214 Å². The standard InChI is InChI=1S/C59H63F6N9O6/c1-38(72-48-18-10-16-44(32-48)58(60,61)62)52(56(77)79-36-40-12-6-4-7-13-40)54(42-20-24-46(66)25-21-42)70-34-50(75)68-28-30-74(3)31-29-69-51(76)35-71-55(43-22-26-47(67)27-23-43)53(57(78)80-37-41-14-8-5-9-15-41)39(2)73-49-19-11-17-45(33-49)59(63,64)65/h4-27,32-33,54-55,70-73H,28-31,34-37,66-67H2,1-3H3,(H,68,75)(H,69,76)/b52-38+,53-39+/t54-,55-/m1/s1. The van der Waals surface area contributed by atoms with Crippen LogP contribution in [0, 0.1) is 0 Å². The second kappa shape index (κ2) is 28.8. The summed E-state index contributed by atoms with van der Waals surface area (Å²) in [6, 6.07) is 37.8. The van der Waals surface area contributed by atoms with Crippen molar-refractivity contribution in [1.29, 1.82) is 0 Å². The first kappa shape index (κ1) is 60.6. The number of alkyl halides is 6. The van der Waals surface area contributed by atoms with Gasteiger partial charge in [0.1, 0.15) is 13.2 Å². The molecule has 2 amide bonds. The second-order valence-corrected chi connectivity index (χ2v) is 18.6. The van der Waals surface area contributed by atoms with Gasteiger partial charge in [0, 0.05) is 60.3 Å². The topological polar surface area (TPSA) is 214 Å². The Kier molecular flexibility index (Phi) is 21.8. The molecule has 0 fully saturated rings. The molecule has 10 N–H and O–H groups in total. The summed E-state index contributed by atoms with van der Waals surface area (Å²) < 4.78 is 93.6. The number of nitrogens with two attached hydrogens (primary N) is 2. The normalized spacial score (nSPS) is 13.0. The Morgan fingerprint density at radius 3 is 1.23 bits per heavy atom. The molecule has 0 saturated carbocycles. The van der Waals surface area contributed by atoms with E-state index in [1.807, 2.05) is 4.90 Å². The van der Waals surface area contributed by atoms with Crippen molar-refractivity contribution < 1.29 is 55.0 Å². The quantitative estimate of drug-likeness (QED) is 0.0110. The van der Waals surface area contributed by atoms with Crippen molar-refractivity contribution in [3.8, 4) is 0 Å². The van der Waals surface area contributed by atoms with Gasteiger partial charge in [-0.3, -0.25) is 20.2 Å². The SMILES string of the molecule is C/C(Nc1cccc(C(F)(F)F)c1)=C(\C(=O)OCc1ccccc1)[C@H](NCC(=O)NCCN(C)CCNC(=O)CN[C@@H](/C(C(=O)OCc1ccccc1)=C(/C)Nc1cccc(C(F)(F)F)c1)c1ccc(N)cc1)c1ccc(N)cc1. The Hall–Kier alpha value is -8.66. The lowest BCUT2D eigenvalue weighted by Gasteiger charge is -2.25. The first-order chi connectivity index (χ1) is 38.1. The molecule has 0 unspecified atom stereocenters. The number of benzene rings is 6. The first-order valence-corrected chi connectivity index (χ1v) is 25.3. The number of carbonyl (C=O) groups excluding carboxylic acids is 4. The van der Waals surface area contributed by atoms with E-state index in [1.165, 1.54) is 38.1 Å². The van der Waals surface area contributed by atoms with E-state index in [-0.39, 0.29) is 73.3 Å². The summed E-state index contributed by atoms with van der Waals surface area (Å²) >= 11 is 0. The van der Waals surface area contributed by atoms with Crippen molar-refractivity contribution in [2.75, 3.05) is 68.4 Å². The van der Waals surface area contributed by atoms with Gasteiger partial charge in [-0.1, -0.05) is 97.1 Å². The van der Waals surface area contributed by atoms with E-state index in [2.05, 4.69) is 31.9 Å². The number of nitrogens with one attached hydrogen (secondary N) is 6. The summed E-state index contributed by atoms with van der Waals surface area (Å²) in [6.45, 7) is 3.21. The van der Waals surface area contributed by atoms with Crippen LogP contribution >= 0.6 is 0 Å².